The van der Waals surface area contributed by atoms with E-state index in [0.29, 0.717) is 27.5 Å². The predicted octanol–water partition coefficient (Wildman–Crippen LogP) is 3.02. The highest BCUT2D eigenvalue weighted by Gasteiger charge is 2.08. The summed E-state index contributed by atoms with van der Waals surface area (Å²) in [6, 6.07) is 9.15. The molecule has 0 fully saturated rings. The van der Waals surface area contributed by atoms with Crippen molar-refractivity contribution in [2.75, 3.05) is 12.4 Å². The average Bonchev–Trinajstić information content (AvgIpc) is 2.75. The lowest BCUT2D eigenvalue weighted by molar-refractivity contribution is 0.554. The van der Waals surface area contributed by atoms with E-state index in [4.69, 9.17) is 9.68 Å². The van der Waals surface area contributed by atoms with Crippen LogP contribution >= 0.6 is 15.9 Å². The first-order valence-corrected chi connectivity index (χ1v) is 5.38. The summed E-state index contributed by atoms with van der Waals surface area (Å²) < 4.78 is 6.04. The molecule has 1 N–H and O–H groups in total. The molecule has 0 saturated heterocycles. The van der Waals surface area contributed by atoms with Crippen LogP contribution in [0, 0.1) is 11.3 Å². The van der Waals surface area contributed by atoms with Crippen molar-refractivity contribution >= 4 is 21.7 Å². The molecular formula is C11H8BrN3O. The first-order valence-electron chi connectivity index (χ1n) is 4.59. The van der Waals surface area contributed by atoms with E-state index in [1.807, 2.05) is 6.07 Å². The van der Waals surface area contributed by atoms with Crippen LogP contribution in [0.1, 0.15) is 5.56 Å². The summed E-state index contributed by atoms with van der Waals surface area (Å²) in [5.41, 5.74) is 1.20. The number of hydrogen-bond donors (Lipinski definition) is 1. The molecule has 2 heterocycles. The number of nitrogens with one attached hydrogen (secondary N) is 1. The maximum absolute atomic E-state index is 8.85. The smallest absolute Gasteiger partial charge is 0.169 e. The number of aromatic nitrogens is 1. The second-order valence-electron chi connectivity index (χ2n) is 3.06. The van der Waals surface area contributed by atoms with Gasteiger partial charge >= 0.3 is 0 Å². The number of hydrogen-bond acceptors (Lipinski definition) is 4. The maximum atomic E-state index is 8.85. The first kappa shape index (κ1) is 10.7. The molecule has 0 aliphatic heterocycles. The van der Waals surface area contributed by atoms with Gasteiger partial charge in [-0.2, -0.15) is 5.26 Å². The van der Waals surface area contributed by atoms with Crippen molar-refractivity contribution in [3.05, 3.63) is 34.5 Å². The van der Waals surface area contributed by atoms with Crippen LogP contribution in [0.2, 0.25) is 0 Å². The summed E-state index contributed by atoms with van der Waals surface area (Å²) in [4.78, 5) is 4.30. The molecule has 0 aliphatic rings. The van der Waals surface area contributed by atoms with Crippen molar-refractivity contribution in [1.29, 1.82) is 5.26 Å². The van der Waals surface area contributed by atoms with Crippen LogP contribution in [0.25, 0.3) is 11.5 Å². The fourth-order valence-electron chi connectivity index (χ4n) is 1.33. The van der Waals surface area contributed by atoms with Gasteiger partial charge in [0.25, 0.3) is 0 Å². The molecule has 2 aromatic rings. The molecule has 0 unspecified atom stereocenters. The Hall–Kier alpha value is -1.80. The largest absolute Gasteiger partial charge is 0.448 e. The minimum Gasteiger partial charge on any atom is -0.448 e. The van der Waals surface area contributed by atoms with Crippen molar-refractivity contribution < 1.29 is 4.42 Å². The van der Waals surface area contributed by atoms with E-state index in [0.717, 1.165) is 0 Å². The number of nitrogens with zero attached hydrogens (tertiary/aromatic N) is 2. The van der Waals surface area contributed by atoms with Gasteiger partial charge in [-0.1, -0.05) is 0 Å². The summed E-state index contributed by atoms with van der Waals surface area (Å²) in [6.45, 7) is 0. The fraction of sp³-hybridized carbons (Fsp3) is 0.0909. The third kappa shape index (κ3) is 1.92. The van der Waals surface area contributed by atoms with E-state index >= 15 is 0 Å². The topological polar surface area (TPSA) is 61.9 Å². The van der Waals surface area contributed by atoms with Crippen LogP contribution in [-0.4, -0.2) is 12.0 Å². The van der Waals surface area contributed by atoms with Gasteiger partial charge < -0.3 is 9.73 Å². The van der Waals surface area contributed by atoms with Gasteiger partial charge in [0, 0.05) is 7.05 Å². The van der Waals surface area contributed by atoms with E-state index in [-0.39, 0.29) is 0 Å². The Labute approximate surface area is 101 Å². The van der Waals surface area contributed by atoms with Crippen molar-refractivity contribution in [3.8, 4) is 17.5 Å². The lowest BCUT2D eigenvalue weighted by atomic mass is 10.2. The number of rotatable bonds is 2. The standard InChI is InChI=1S/C11H8BrN3O/c1-14-11-7(6-13)2-3-8(15-11)9-4-5-10(12)16-9/h2-5H,1H3,(H,14,15). The van der Waals surface area contributed by atoms with Crippen LogP contribution in [0.5, 0.6) is 0 Å². The zero-order valence-electron chi connectivity index (χ0n) is 8.49. The predicted molar refractivity (Wildman–Crippen MR) is 63.9 cm³/mol. The number of halogens is 1. The summed E-state index contributed by atoms with van der Waals surface area (Å²) in [6.07, 6.45) is 0. The third-order valence-electron chi connectivity index (χ3n) is 2.08. The van der Waals surface area contributed by atoms with Gasteiger partial charge in [-0.15, -0.1) is 0 Å². The molecule has 16 heavy (non-hydrogen) atoms. The normalized spacial score (nSPS) is 9.81. The second kappa shape index (κ2) is 4.37. The molecule has 0 spiro atoms. The van der Waals surface area contributed by atoms with E-state index < -0.39 is 0 Å². The molecule has 0 bridgehead atoms. The zero-order chi connectivity index (χ0) is 11.5. The molecule has 0 radical (unpaired) electrons. The van der Waals surface area contributed by atoms with Crippen molar-refractivity contribution in [1.82, 2.24) is 4.98 Å². The highest BCUT2D eigenvalue weighted by molar-refractivity contribution is 9.10. The number of furan rings is 1. The molecule has 0 aromatic carbocycles. The molecule has 4 nitrogen and oxygen atoms in total. The van der Waals surface area contributed by atoms with Gasteiger partial charge in [-0.3, -0.25) is 0 Å². The highest BCUT2D eigenvalue weighted by Crippen LogP contribution is 2.25. The number of anilines is 1. The monoisotopic (exact) mass is 277 g/mol. The quantitative estimate of drug-likeness (QED) is 0.917. The summed E-state index contributed by atoms with van der Waals surface area (Å²) in [5.74, 6) is 1.21. The van der Waals surface area contributed by atoms with Crippen molar-refractivity contribution in [3.63, 3.8) is 0 Å². The van der Waals surface area contributed by atoms with Crippen LogP contribution < -0.4 is 5.32 Å². The Morgan fingerprint density at radius 1 is 1.38 bits per heavy atom. The van der Waals surface area contributed by atoms with Gasteiger partial charge in [0.2, 0.25) is 0 Å². The van der Waals surface area contributed by atoms with E-state index in [2.05, 4.69) is 32.3 Å². The molecule has 0 atom stereocenters. The SMILES string of the molecule is CNc1nc(-c2ccc(Br)o2)ccc1C#N. The molecule has 80 valence electrons. The number of nitriles is 1. The Morgan fingerprint density at radius 3 is 2.75 bits per heavy atom. The lowest BCUT2D eigenvalue weighted by Gasteiger charge is -2.03. The maximum Gasteiger partial charge on any atom is 0.169 e. The number of pyridine rings is 1. The lowest BCUT2D eigenvalue weighted by Crippen LogP contribution is -1.97. The van der Waals surface area contributed by atoms with Crippen molar-refractivity contribution in [2.45, 2.75) is 0 Å². The molecule has 0 amide bonds. The van der Waals surface area contributed by atoms with Gasteiger partial charge in [-0.05, 0) is 40.2 Å². The third-order valence-corrected chi connectivity index (χ3v) is 2.50. The van der Waals surface area contributed by atoms with Crippen LogP contribution in [-0.2, 0) is 0 Å². The summed E-state index contributed by atoms with van der Waals surface area (Å²) in [7, 11) is 1.73. The van der Waals surface area contributed by atoms with Crippen molar-refractivity contribution in [2.24, 2.45) is 0 Å². The Balaban J connectivity index is 2.48. The molecule has 5 heteroatoms. The van der Waals surface area contributed by atoms with Crippen LogP contribution in [0.4, 0.5) is 5.82 Å². The molecule has 2 aromatic heterocycles. The van der Waals surface area contributed by atoms with Gasteiger partial charge in [0.05, 0.1) is 5.56 Å². The molecule has 0 saturated carbocycles. The minimum absolute atomic E-state index is 0.511. The first-order chi connectivity index (χ1) is 7.74. The van der Waals surface area contributed by atoms with Gasteiger partial charge in [0.1, 0.15) is 17.6 Å². The molecule has 0 aliphatic carbocycles. The minimum atomic E-state index is 0.511. The Morgan fingerprint density at radius 2 is 2.19 bits per heavy atom. The van der Waals surface area contributed by atoms with Crippen LogP contribution in [0.15, 0.2) is 33.4 Å². The van der Waals surface area contributed by atoms with Gasteiger partial charge in [-0.25, -0.2) is 4.98 Å². The van der Waals surface area contributed by atoms with E-state index in [1.165, 1.54) is 0 Å². The van der Waals surface area contributed by atoms with Gasteiger partial charge in [0.15, 0.2) is 10.4 Å². The average molecular weight is 278 g/mol. The summed E-state index contributed by atoms with van der Waals surface area (Å²) >= 11 is 3.23. The summed E-state index contributed by atoms with van der Waals surface area (Å²) in [5, 5.41) is 11.7. The Bertz CT molecular complexity index is 557. The zero-order valence-corrected chi connectivity index (χ0v) is 10.1. The van der Waals surface area contributed by atoms with E-state index in [9.17, 15) is 0 Å². The molecular weight excluding hydrogens is 270 g/mol. The highest BCUT2D eigenvalue weighted by atomic mass is 79.9. The Kier molecular flexibility index (Phi) is 2.93. The second-order valence-corrected chi connectivity index (χ2v) is 3.84. The molecule has 2 rings (SSSR count). The van der Waals surface area contributed by atoms with E-state index in [1.54, 1.807) is 25.2 Å². The van der Waals surface area contributed by atoms with Crippen LogP contribution in [0.3, 0.4) is 0 Å². The fourth-order valence-corrected chi connectivity index (χ4v) is 1.64.